The number of pyridine rings is 4. The summed E-state index contributed by atoms with van der Waals surface area (Å²) in [5.74, 6) is -0.103. The Bertz CT molecular complexity index is 6420. The van der Waals surface area contributed by atoms with Gasteiger partial charge in [0.05, 0.1) is 69.5 Å². The normalized spacial score (nSPS) is 15.4. The zero-order valence-corrected chi connectivity index (χ0v) is 77.3. The SMILES string of the molecule is CC(=O)N1CC(Cn2cc(-c3cnc(N)c(OC(C)c4c(Cl)ccc(F)c4Cl)c3)cn2)C1.CC(Oc1cc(-c2cnn(C3CN(C(=O)CO)C3)c2)cnc1N)c1c(Cl)ccc(F)c1Cl.CC(Oc1cc(-c2cnn(C3CN(S(C)(=O)=O)C3)c2)cnc1N)c1c(Cl)ccc(F)c1Cl.CC(Oc1cc(-c2cnn(CC3CN(S(C)(=O)=O)C3)c2)cnc1N)c1c(Cl)ccc(F)c1Cl. The fourth-order valence-corrected chi connectivity index (χ4v) is 18.8. The van der Waals surface area contributed by atoms with Crippen LogP contribution >= 0.6 is 92.8 Å². The van der Waals surface area contributed by atoms with Gasteiger partial charge in [0.2, 0.25) is 31.9 Å². The van der Waals surface area contributed by atoms with Crippen molar-refractivity contribution < 1.29 is 68.0 Å². The molecule has 129 heavy (non-hydrogen) atoms. The van der Waals surface area contributed by atoms with Crippen LogP contribution in [0.4, 0.5) is 40.8 Å². The lowest BCUT2D eigenvalue weighted by Crippen LogP contribution is -2.51. The van der Waals surface area contributed by atoms with E-state index < -0.39 is 74.3 Å². The summed E-state index contributed by atoms with van der Waals surface area (Å²) >= 11 is 49.1. The van der Waals surface area contributed by atoms with Gasteiger partial charge in [0.25, 0.3) is 0 Å². The number of carbonyl (C=O) groups is 2. The van der Waals surface area contributed by atoms with Gasteiger partial charge in [0.15, 0.2) is 46.3 Å². The van der Waals surface area contributed by atoms with Gasteiger partial charge in [-0.25, -0.2) is 58.6 Å². The summed E-state index contributed by atoms with van der Waals surface area (Å²) in [5.41, 5.74) is 31.3. The fraction of sp³-hybridized carbons (Fsp3) is 0.310. The Hall–Kier alpha value is -10.5. The number of amides is 2. The highest BCUT2D eigenvalue weighted by atomic mass is 35.5. The van der Waals surface area contributed by atoms with Gasteiger partial charge < -0.3 is 56.8 Å². The largest absolute Gasteiger partial charge is 0.482 e. The van der Waals surface area contributed by atoms with Crippen LogP contribution in [0.25, 0.3) is 44.5 Å². The lowest BCUT2D eigenvalue weighted by molar-refractivity contribution is -0.140. The smallest absolute Gasteiger partial charge is 0.248 e. The summed E-state index contributed by atoms with van der Waals surface area (Å²) in [6.07, 6.45) is 20.3. The molecule has 0 radical (unpaired) electrons. The number of anilines is 4. The van der Waals surface area contributed by atoms with Crippen LogP contribution in [0.5, 0.6) is 23.0 Å². The molecule has 16 rings (SSSR count). The fourth-order valence-electron chi connectivity index (χ4n) is 14.2. The van der Waals surface area contributed by atoms with Crippen LogP contribution in [0.1, 0.15) is 93.4 Å². The molecular formula is C84H84Cl8F4N20O11S2. The second-order valence-electron chi connectivity index (χ2n) is 30.9. The molecule has 0 spiro atoms. The summed E-state index contributed by atoms with van der Waals surface area (Å²) in [4.78, 5) is 43.0. The summed E-state index contributed by atoms with van der Waals surface area (Å²) in [6.45, 7) is 13.4. The molecule has 45 heteroatoms. The molecule has 4 unspecified atom stereocenters. The Kier molecular flexibility index (Phi) is 30.1. The number of carbonyl (C=O) groups excluding carboxylic acids is 2. The van der Waals surface area contributed by atoms with Crippen molar-refractivity contribution in [1.29, 1.82) is 0 Å². The van der Waals surface area contributed by atoms with Crippen LogP contribution < -0.4 is 41.9 Å². The average molecular weight is 1970 g/mol. The maximum Gasteiger partial charge on any atom is 0.248 e. The molecule has 4 saturated heterocycles. The van der Waals surface area contributed by atoms with Crippen LogP contribution in [0.15, 0.2) is 147 Å². The predicted molar refractivity (Wildman–Crippen MR) is 485 cm³/mol. The maximum atomic E-state index is 13.9. The molecule has 4 aliphatic rings. The number of likely N-dealkylation sites (tertiary alicyclic amines) is 2. The van der Waals surface area contributed by atoms with Crippen LogP contribution in [0.2, 0.25) is 40.2 Å². The maximum absolute atomic E-state index is 13.9. The first-order valence-corrected chi connectivity index (χ1v) is 46.2. The Morgan fingerprint density at radius 2 is 0.690 bits per heavy atom. The van der Waals surface area contributed by atoms with Crippen LogP contribution in [-0.2, 0) is 42.7 Å². The van der Waals surface area contributed by atoms with Gasteiger partial charge >= 0.3 is 0 Å². The number of rotatable bonds is 25. The number of nitrogens with two attached hydrogens (primary N) is 4. The molecule has 31 nitrogen and oxygen atoms in total. The lowest BCUT2D eigenvalue weighted by atomic mass is 10.0. The minimum atomic E-state index is -3.20. The molecule has 9 N–H and O–H groups in total. The standard InChI is InChI=1S/C22H22Cl2FN5O2.C21H22Cl2FN5O3S.C21H20Cl2FN5O3.C20H20Cl2FN5O3S/c1-12(20-17(23)3-4-18(25)21(20)24)32-19-5-15(6-27-22(19)26)16-7-28-30(11-16)10-14-8-29(9-14)13(2)31;1-12(19-16(22)3-4-17(24)20(19)23)32-18-5-14(6-26-21(18)25)15-7-27-28(11-15)8-13-9-29(10-13)33(2,30)31;1-11(19-15(22)2-3-16(24)20(19)23)32-17-4-12(5-26-21(17)25)13-6-27-29(7-13)14-8-28(9-14)18(31)10-30;1-11(18-15(21)3-4-16(23)19(18)22)31-17-5-12(6-25-20(17)24)13-7-26-28(8-13)14-9-27(10-14)32(2,29)30/h3-7,11-12,14H,8-10H2,1-2H3,(H2,26,27);3-7,11-13H,8-10H2,1-2H3,(H2,25,26);2-7,11,14,30H,8-10H2,1H3,(H2,25,26);3-8,11,14H,9-10H2,1-2H3,(H2,24,25). The molecule has 8 aromatic heterocycles. The average Bonchev–Trinajstić information content (AvgIpc) is 1.68. The topological polar surface area (TPSA) is 399 Å². The third-order valence-electron chi connectivity index (χ3n) is 21.6. The lowest BCUT2D eigenvalue weighted by Gasteiger charge is -2.38. The third-order valence-corrected chi connectivity index (χ3v) is 26.9. The zero-order chi connectivity index (χ0) is 93.1. The molecule has 4 aliphatic heterocycles. The van der Waals surface area contributed by atoms with E-state index in [4.69, 9.17) is 140 Å². The molecule has 12 heterocycles. The summed E-state index contributed by atoms with van der Waals surface area (Å²) in [5, 5.41) is 27.1. The second kappa shape index (κ2) is 40.5. The van der Waals surface area contributed by atoms with Crippen molar-refractivity contribution in [3.8, 4) is 67.5 Å². The van der Waals surface area contributed by atoms with Crippen molar-refractivity contribution >= 4 is 148 Å². The minimum Gasteiger partial charge on any atom is -0.482 e. The number of aliphatic hydroxyl groups excluding tert-OH is 1. The van der Waals surface area contributed by atoms with Crippen molar-refractivity contribution in [3.05, 3.63) is 233 Å². The molecule has 0 aliphatic carbocycles. The number of sulfonamides is 2. The van der Waals surface area contributed by atoms with Gasteiger partial charge in [-0.15, -0.1) is 0 Å². The number of hydrogen-bond donors (Lipinski definition) is 5. The summed E-state index contributed by atoms with van der Waals surface area (Å²) in [7, 11) is -6.34. The first-order valence-electron chi connectivity index (χ1n) is 39.5. The van der Waals surface area contributed by atoms with Crippen molar-refractivity contribution in [1.82, 2.24) is 77.5 Å². The number of benzene rings is 4. The quantitative estimate of drug-likeness (QED) is 0.0262. The van der Waals surface area contributed by atoms with E-state index in [-0.39, 0.29) is 94.0 Å². The van der Waals surface area contributed by atoms with Crippen LogP contribution in [-0.4, -0.2) is 183 Å². The second-order valence-corrected chi connectivity index (χ2v) is 38.0. The van der Waals surface area contributed by atoms with Gasteiger partial charge in [-0.1, -0.05) is 92.8 Å². The number of aliphatic hydroxyl groups is 1. The van der Waals surface area contributed by atoms with Crippen molar-refractivity contribution in [2.24, 2.45) is 11.8 Å². The molecule has 4 atom stereocenters. The summed E-state index contributed by atoms with van der Waals surface area (Å²) < 4.78 is 135. The van der Waals surface area contributed by atoms with Crippen molar-refractivity contribution in [2.45, 2.75) is 84.2 Å². The van der Waals surface area contributed by atoms with E-state index in [1.807, 2.05) is 29.5 Å². The van der Waals surface area contributed by atoms with E-state index in [9.17, 15) is 44.0 Å². The highest BCUT2D eigenvalue weighted by Crippen LogP contribution is 2.44. The van der Waals surface area contributed by atoms with Gasteiger partial charge in [-0.05, 0) is 100 Å². The van der Waals surface area contributed by atoms with E-state index in [0.717, 1.165) is 53.0 Å². The van der Waals surface area contributed by atoms with Gasteiger partial charge in [-0.3, -0.25) is 28.3 Å². The molecule has 2 amide bonds. The van der Waals surface area contributed by atoms with E-state index >= 15 is 0 Å². The van der Waals surface area contributed by atoms with Gasteiger partial charge in [0.1, 0.15) is 54.3 Å². The first kappa shape index (κ1) is 96.0. The van der Waals surface area contributed by atoms with Gasteiger partial charge in [0, 0.05) is 221 Å². The van der Waals surface area contributed by atoms with Crippen molar-refractivity contribution in [3.63, 3.8) is 0 Å². The number of aromatic nitrogens is 12. The number of halogens is 12. The van der Waals surface area contributed by atoms with E-state index in [1.165, 1.54) is 69.7 Å². The molecular weight excluding hydrogens is 1890 g/mol. The van der Waals surface area contributed by atoms with E-state index in [0.29, 0.717) is 107 Å². The van der Waals surface area contributed by atoms with Gasteiger partial charge in [-0.2, -0.15) is 24.7 Å². The Morgan fingerprint density at radius 1 is 0.411 bits per heavy atom. The monoisotopic (exact) mass is 1970 g/mol. The zero-order valence-electron chi connectivity index (χ0n) is 69.6. The number of nitrogens with zero attached hydrogens (tertiary/aromatic N) is 16. The van der Waals surface area contributed by atoms with Crippen LogP contribution in [0, 0.1) is 35.1 Å². The molecule has 4 fully saturated rings. The Balaban J connectivity index is 0.000000147. The highest BCUT2D eigenvalue weighted by molar-refractivity contribution is 7.88. The molecule has 0 bridgehead atoms. The van der Waals surface area contributed by atoms with E-state index in [2.05, 4.69) is 40.3 Å². The Morgan fingerprint density at radius 3 is 0.984 bits per heavy atom. The molecule has 682 valence electrons. The number of nitrogen functional groups attached to an aromatic ring is 4. The number of ether oxygens (including phenoxy) is 4. The molecule has 4 aromatic carbocycles. The Labute approximate surface area is 778 Å². The van der Waals surface area contributed by atoms with E-state index in [1.54, 1.807) is 132 Å². The summed E-state index contributed by atoms with van der Waals surface area (Å²) in [6, 6.07) is 17.3. The first-order chi connectivity index (χ1) is 61.1. The molecule has 0 saturated carbocycles. The van der Waals surface area contributed by atoms with Crippen molar-refractivity contribution in [2.75, 3.05) is 94.4 Å². The third kappa shape index (κ3) is 22.6. The predicted octanol–water partition coefficient (Wildman–Crippen LogP) is 16.0. The van der Waals surface area contributed by atoms with Crippen LogP contribution in [0.3, 0.4) is 0 Å². The number of hydrogen-bond acceptors (Lipinski definition) is 23. The minimum absolute atomic E-state index is 0.0341. The highest BCUT2D eigenvalue weighted by Gasteiger charge is 2.38. The molecule has 12 aromatic rings.